The predicted molar refractivity (Wildman–Crippen MR) is 97.2 cm³/mol. The fraction of sp³-hybridized carbons (Fsp3) is 0.450. The van der Waals surface area contributed by atoms with Crippen LogP contribution >= 0.6 is 0 Å². The van der Waals surface area contributed by atoms with Crippen LogP contribution in [0.15, 0.2) is 40.9 Å². The number of hydrogen-bond acceptors (Lipinski definition) is 4. The van der Waals surface area contributed by atoms with Crippen LogP contribution in [0.1, 0.15) is 30.1 Å². The Labute approximate surface area is 153 Å². The number of carbonyl (C=O) groups excluding carboxylic acids is 2. The van der Waals surface area contributed by atoms with E-state index in [2.05, 4.69) is 4.98 Å². The van der Waals surface area contributed by atoms with Crippen molar-refractivity contribution in [2.24, 2.45) is 5.92 Å². The molecular formula is C20H25N3O3. The third-order valence-electron chi connectivity index (χ3n) is 4.78. The second kappa shape index (κ2) is 8.17. The van der Waals surface area contributed by atoms with Crippen LogP contribution in [0.2, 0.25) is 0 Å². The fourth-order valence-corrected chi connectivity index (χ4v) is 3.32. The first-order valence-corrected chi connectivity index (χ1v) is 9.01. The van der Waals surface area contributed by atoms with Crippen LogP contribution in [0.3, 0.4) is 0 Å². The van der Waals surface area contributed by atoms with Crippen LogP contribution in [0.4, 0.5) is 0 Å². The first-order chi connectivity index (χ1) is 12.5. The van der Waals surface area contributed by atoms with Gasteiger partial charge in [0.25, 0.3) is 0 Å². The number of aromatic nitrogens is 1. The van der Waals surface area contributed by atoms with Gasteiger partial charge in [0, 0.05) is 44.9 Å². The van der Waals surface area contributed by atoms with E-state index in [0.29, 0.717) is 38.9 Å². The standard InChI is InChI=1S/C20H25N3O3/c1-15-6-8-18(26-15)14-22(2)20(25)16-7-9-19(24)23(13-16)12-10-17-5-3-4-11-21-17/h3-6,8,11,16H,7,9-10,12-14H2,1-2H3/t16-/m0/s1. The highest BCUT2D eigenvalue weighted by molar-refractivity contribution is 5.83. The van der Waals surface area contributed by atoms with Gasteiger partial charge in [0.15, 0.2) is 0 Å². The summed E-state index contributed by atoms with van der Waals surface area (Å²) in [5.74, 6) is 1.64. The number of aryl methyl sites for hydroxylation is 1. The van der Waals surface area contributed by atoms with E-state index in [4.69, 9.17) is 4.42 Å². The number of amides is 2. The Bertz CT molecular complexity index is 757. The normalized spacial score (nSPS) is 17.4. The lowest BCUT2D eigenvalue weighted by Crippen LogP contribution is -2.46. The molecule has 26 heavy (non-hydrogen) atoms. The van der Waals surface area contributed by atoms with Gasteiger partial charge in [-0.25, -0.2) is 0 Å². The third-order valence-corrected chi connectivity index (χ3v) is 4.78. The number of hydrogen-bond donors (Lipinski definition) is 0. The molecule has 1 atom stereocenters. The number of piperidine rings is 1. The van der Waals surface area contributed by atoms with E-state index in [1.807, 2.05) is 37.3 Å². The van der Waals surface area contributed by atoms with Gasteiger partial charge >= 0.3 is 0 Å². The minimum absolute atomic E-state index is 0.0642. The van der Waals surface area contributed by atoms with Crippen LogP contribution in [0.5, 0.6) is 0 Å². The first kappa shape index (κ1) is 18.2. The van der Waals surface area contributed by atoms with Crippen LogP contribution in [0, 0.1) is 12.8 Å². The molecule has 0 aliphatic carbocycles. The number of nitrogens with zero attached hydrogens (tertiary/aromatic N) is 3. The van der Waals surface area contributed by atoms with Gasteiger partial charge in [0.2, 0.25) is 11.8 Å². The van der Waals surface area contributed by atoms with Gasteiger partial charge in [0.1, 0.15) is 11.5 Å². The average Bonchev–Trinajstić information content (AvgIpc) is 3.06. The molecule has 2 aromatic heterocycles. The van der Waals surface area contributed by atoms with E-state index in [0.717, 1.165) is 17.2 Å². The SMILES string of the molecule is Cc1ccc(CN(C)C(=O)[C@H]2CCC(=O)N(CCc3ccccn3)C2)o1. The van der Waals surface area contributed by atoms with E-state index in [1.54, 1.807) is 23.0 Å². The number of likely N-dealkylation sites (tertiary alicyclic amines) is 1. The van der Waals surface area contributed by atoms with E-state index < -0.39 is 0 Å². The highest BCUT2D eigenvalue weighted by Gasteiger charge is 2.31. The zero-order chi connectivity index (χ0) is 18.5. The van der Waals surface area contributed by atoms with Crippen molar-refractivity contribution in [2.45, 2.75) is 32.7 Å². The summed E-state index contributed by atoms with van der Waals surface area (Å²) >= 11 is 0. The Morgan fingerprint density at radius 3 is 2.88 bits per heavy atom. The topological polar surface area (TPSA) is 66.7 Å². The second-order valence-corrected chi connectivity index (χ2v) is 6.85. The average molecular weight is 355 g/mol. The number of rotatable bonds is 6. The summed E-state index contributed by atoms with van der Waals surface area (Å²) in [5, 5.41) is 0. The molecule has 0 radical (unpaired) electrons. The second-order valence-electron chi connectivity index (χ2n) is 6.85. The monoisotopic (exact) mass is 355 g/mol. The molecule has 3 rings (SSSR count). The van der Waals surface area contributed by atoms with Crippen LogP contribution < -0.4 is 0 Å². The van der Waals surface area contributed by atoms with E-state index in [1.165, 1.54) is 0 Å². The first-order valence-electron chi connectivity index (χ1n) is 9.01. The maximum atomic E-state index is 12.8. The molecule has 1 aliphatic rings. The van der Waals surface area contributed by atoms with Crippen molar-refractivity contribution < 1.29 is 14.0 Å². The molecule has 6 heteroatoms. The largest absolute Gasteiger partial charge is 0.464 e. The fourth-order valence-electron chi connectivity index (χ4n) is 3.32. The summed E-state index contributed by atoms with van der Waals surface area (Å²) in [5.41, 5.74) is 0.957. The maximum absolute atomic E-state index is 12.8. The molecule has 0 bridgehead atoms. The van der Waals surface area contributed by atoms with Gasteiger partial charge in [0.05, 0.1) is 12.5 Å². The molecule has 0 aromatic carbocycles. The lowest BCUT2D eigenvalue weighted by atomic mass is 9.95. The molecule has 0 saturated carbocycles. The highest BCUT2D eigenvalue weighted by Crippen LogP contribution is 2.21. The molecule has 1 fully saturated rings. The summed E-state index contributed by atoms with van der Waals surface area (Å²) in [7, 11) is 1.79. The van der Waals surface area contributed by atoms with Crippen LogP contribution in [-0.2, 0) is 22.6 Å². The van der Waals surface area contributed by atoms with Crippen molar-refractivity contribution in [2.75, 3.05) is 20.1 Å². The Kier molecular flexibility index (Phi) is 5.71. The van der Waals surface area contributed by atoms with Gasteiger partial charge < -0.3 is 14.2 Å². The van der Waals surface area contributed by atoms with Crippen molar-refractivity contribution in [3.8, 4) is 0 Å². The van der Waals surface area contributed by atoms with Crippen molar-refractivity contribution in [1.82, 2.24) is 14.8 Å². The Morgan fingerprint density at radius 1 is 1.35 bits per heavy atom. The van der Waals surface area contributed by atoms with Crippen molar-refractivity contribution >= 4 is 11.8 Å². The number of furan rings is 1. The zero-order valence-electron chi connectivity index (χ0n) is 15.4. The summed E-state index contributed by atoms with van der Waals surface area (Å²) in [6.45, 7) is 3.41. The number of pyridine rings is 1. The van der Waals surface area contributed by atoms with E-state index in [9.17, 15) is 9.59 Å². The minimum Gasteiger partial charge on any atom is -0.464 e. The van der Waals surface area contributed by atoms with Crippen molar-refractivity contribution in [1.29, 1.82) is 0 Å². The molecule has 0 unspecified atom stereocenters. The van der Waals surface area contributed by atoms with Crippen LogP contribution in [0.25, 0.3) is 0 Å². The molecule has 0 spiro atoms. The van der Waals surface area contributed by atoms with Gasteiger partial charge in [-0.1, -0.05) is 6.07 Å². The smallest absolute Gasteiger partial charge is 0.227 e. The molecule has 2 aromatic rings. The maximum Gasteiger partial charge on any atom is 0.227 e. The summed E-state index contributed by atoms with van der Waals surface area (Å²) < 4.78 is 5.55. The van der Waals surface area contributed by atoms with Crippen molar-refractivity contribution in [3.63, 3.8) is 0 Å². The Hall–Kier alpha value is -2.63. The molecule has 138 valence electrons. The molecule has 3 heterocycles. The van der Waals surface area contributed by atoms with Gasteiger partial charge in [-0.2, -0.15) is 0 Å². The number of carbonyl (C=O) groups is 2. The van der Waals surface area contributed by atoms with E-state index in [-0.39, 0.29) is 17.7 Å². The summed E-state index contributed by atoms with van der Waals surface area (Å²) in [6, 6.07) is 9.56. The molecule has 1 saturated heterocycles. The lowest BCUT2D eigenvalue weighted by Gasteiger charge is -2.33. The predicted octanol–water partition coefficient (Wildman–Crippen LogP) is 2.42. The van der Waals surface area contributed by atoms with E-state index >= 15 is 0 Å². The Balaban J connectivity index is 1.56. The molecule has 2 amide bonds. The highest BCUT2D eigenvalue weighted by atomic mass is 16.3. The molecule has 6 nitrogen and oxygen atoms in total. The summed E-state index contributed by atoms with van der Waals surface area (Å²) in [4.78, 5) is 32.8. The van der Waals surface area contributed by atoms with Gasteiger partial charge in [-0.05, 0) is 37.6 Å². The van der Waals surface area contributed by atoms with Crippen LogP contribution in [-0.4, -0.2) is 46.7 Å². The van der Waals surface area contributed by atoms with Gasteiger partial charge in [-0.15, -0.1) is 0 Å². The van der Waals surface area contributed by atoms with Gasteiger partial charge in [-0.3, -0.25) is 14.6 Å². The molecule has 0 N–H and O–H groups in total. The van der Waals surface area contributed by atoms with Crippen molar-refractivity contribution in [3.05, 3.63) is 53.7 Å². The lowest BCUT2D eigenvalue weighted by molar-refractivity contribution is -0.142. The molecule has 1 aliphatic heterocycles. The minimum atomic E-state index is -0.155. The quantitative estimate of drug-likeness (QED) is 0.798. The summed E-state index contributed by atoms with van der Waals surface area (Å²) in [6.07, 6.45) is 3.49. The molecular weight excluding hydrogens is 330 g/mol. The third kappa shape index (κ3) is 4.50. The zero-order valence-corrected chi connectivity index (χ0v) is 15.4. The Morgan fingerprint density at radius 2 is 2.19 bits per heavy atom.